The Kier molecular flexibility index (Phi) is 4.58. The van der Waals surface area contributed by atoms with Crippen LogP contribution in [0.2, 0.25) is 0 Å². The molecule has 1 fully saturated rings. The molecular weight excluding hydrogens is 342 g/mol. The van der Waals surface area contributed by atoms with Gasteiger partial charge in [-0.25, -0.2) is 4.98 Å². The topological polar surface area (TPSA) is 81.9 Å². The number of hydrogen-bond donors (Lipinski definition) is 1. The smallest absolute Gasteiger partial charge is 0.251 e. The Labute approximate surface area is 157 Å². The van der Waals surface area contributed by atoms with Gasteiger partial charge in [-0.1, -0.05) is 12.1 Å². The number of rotatable bonds is 7. The van der Waals surface area contributed by atoms with Gasteiger partial charge in [0.15, 0.2) is 5.82 Å². The number of carbonyl (C=O) groups is 1. The molecule has 1 aromatic carbocycles. The predicted octanol–water partition coefficient (Wildman–Crippen LogP) is 2.56. The van der Waals surface area contributed by atoms with Crippen molar-refractivity contribution in [1.82, 2.24) is 25.1 Å². The lowest BCUT2D eigenvalue weighted by Crippen LogP contribution is -2.32. The quantitative estimate of drug-likeness (QED) is 0.698. The minimum atomic E-state index is -0.0696. The van der Waals surface area contributed by atoms with Crippen molar-refractivity contribution in [1.29, 1.82) is 0 Å². The average molecular weight is 363 g/mol. The summed E-state index contributed by atoms with van der Waals surface area (Å²) in [5.74, 6) is 1.01. The first-order chi connectivity index (χ1) is 13.2. The van der Waals surface area contributed by atoms with Gasteiger partial charge in [0.2, 0.25) is 5.88 Å². The van der Waals surface area contributed by atoms with Gasteiger partial charge in [-0.05, 0) is 31.0 Å². The van der Waals surface area contributed by atoms with Gasteiger partial charge in [-0.2, -0.15) is 10.1 Å². The number of nitrogens with zero attached hydrogens (tertiary/aromatic N) is 4. The van der Waals surface area contributed by atoms with Crippen LogP contribution in [0, 0.1) is 5.41 Å². The van der Waals surface area contributed by atoms with Crippen molar-refractivity contribution in [2.75, 3.05) is 13.7 Å². The van der Waals surface area contributed by atoms with Crippen LogP contribution in [0.1, 0.15) is 23.2 Å². The van der Waals surface area contributed by atoms with E-state index in [0.717, 1.165) is 24.9 Å². The van der Waals surface area contributed by atoms with Crippen molar-refractivity contribution >= 4 is 5.91 Å². The molecule has 2 heterocycles. The number of amides is 1. The van der Waals surface area contributed by atoms with Crippen molar-refractivity contribution < 1.29 is 9.53 Å². The Balaban J connectivity index is 1.38. The molecule has 1 aliphatic carbocycles. The first-order valence-electron chi connectivity index (χ1n) is 8.91. The van der Waals surface area contributed by atoms with E-state index in [2.05, 4.69) is 20.4 Å². The molecule has 1 amide bonds. The summed E-state index contributed by atoms with van der Waals surface area (Å²) in [5, 5.41) is 7.32. The number of ether oxygens (including phenoxy) is 1. The number of methoxy groups -OCH3 is 1. The fourth-order valence-electron chi connectivity index (χ4n) is 3.04. The van der Waals surface area contributed by atoms with Crippen LogP contribution in [0.4, 0.5) is 0 Å². The van der Waals surface area contributed by atoms with Crippen molar-refractivity contribution in [2.45, 2.75) is 19.4 Å². The van der Waals surface area contributed by atoms with E-state index in [-0.39, 0.29) is 11.3 Å². The summed E-state index contributed by atoms with van der Waals surface area (Å²) in [5.41, 5.74) is 1.59. The van der Waals surface area contributed by atoms with Crippen LogP contribution in [0.25, 0.3) is 11.4 Å². The summed E-state index contributed by atoms with van der Waals surface area (Å²) in [4.78, 5) is 21.0. The first kappa shape index (κ1) is 17.2. The largest absolute Gasteiger partial charge is 0.481 e. The second-order valence-electron chi connectivity index (χ2n) is 6.89. The molecule has 27 heavy (non-hydrogen) atoms. The fraction of sp³-hybridized carbons (Fsp3) is 0.300. The molecule has 7 nitrogen and oxygen atoms in total. The van der Waals surface area contributed by atoms with E-state index in [1.54, 1.807) is 37.7 Å². The maximum atomic E-state index is 12.5. The van der Waals surface area contributed by atoms with Gasteiger partial charge >= 0.3 is 0 Å². The number of hydrogen-bond acceptors (Lipinski definition) is 5. The number of benzene rings is 1. The van der Waals surface area contributed by atoms with Crippen molar-refractivity contribution in [3.63, 3.8) is 0 Å². The Morgan fingerprint density at radius 2 is 2.04 bits per heavy atom. The summed E-state index contributed by atoms with van der Waals surface area (Å²) in [7, 11) is 1.57. The molecule has 3 aromatic rings. The molecule has 0 radical (unpaired) electrons. The predicted molar refractivity (Wildman–Crippen MR) is 100 cm³/mol. The van der Waals surface area contributed by atoms with Gasteiger partial charge in [0.1, 0.15) is 0 Å². The fourth-order valence-corrected chi connectivity index (χ4v) is 3.04. The normalized spacial score (nSPS) is 14.6. The zero-order chi connectivity index (χ0) is 18.7. The Morgan fingerprint density at radius 3 is 2.70 bits per heavy atom. The minimum absolute atomic E-state index is 0.0696. The standard InChI is InChI=1S/C20H21N5O2/c1-27-17-7-11-21-18(24-17)15-3-5-16(6-4-15)19(26)22-13-20(8-9-20)14-25-12-2-10-23-25/h2-7,10-12H,8-9,13-14H2,1H3,(H,22,26). The number of carbonyl (C=O) groups excluding carboxylic acids is 1. The molecule has 7 heteroatoms. The molecule has 0 unspecified atom stereocenters. The zero-order valence-corrected chi connectivity index (χ0v) is 15.1. The second-order valence-corrected chi connectivity index (χ2v) is 6.89. The minimum Gasteiger partial charge on any atom is -0.481 e. The van der Waals surface area contributed by atoms with Crippen molar-refractivity contribution in [2.24, 2.45) is 5.41 Å². The molecule has 4 rings (SSSR count). The van der Waals surface area contributed by atoms with Crippen LogP contribution in [0.5, 0.6) is 5.88 Å². The molecule has 138 valence electrons. The Morgan fingerprint density at radius 1 is 1.22 bits per heavy atom. The summed E-state index contributed by atoms with van der Waals surface area (Å²) in [6, 6.07) is 10.9. The first-order valence-corrected chi connectivity index (χ1v) is 8.91. The Bertz CT molecular complexity index is 918. The van der Waals surface area contributed by atoms with E-state index in [4.69, 9.17) is 4.74 Å². The van der Waals surface area contributed by atoms with Crippen LogP contribution in [0.15, 0.2) is 55.0 Å². The van der Waals surface area contributed by atoms with Crippen LogP contribution >= 0.6 is 0 Å². The monoisotopic (exact) mass is 363 g/mol. The van der Waals surface area contributed by atoms with Gasteiger partial charge in [-0.3, -0.25) is 9.48 Å². The lowest BCUT2D eigenvalue weighted by atomic mass is 10.1. The van der Waals surface area contributed by atoms with E-state index in [1.165, 1.54) is 0 Å². The van der Waals surface area contributed by atoms with Gasteiger partial charge in [-0.15, -0.1) is 0 Å². The molecular formula is C20H21N5O2. The van der Waals surface area contributed by atoms with E-state index < -0.39 is 0 Å². The lowest BCUT2D eigenvalue weighted by molar-refractivity contribution is 0.0942. The molecule has 1 saturated carbocycles. The van der Waals surface area contributed by atoms with Crippen LogP contribution < -0.4 is 10.1 Å². The van der Waals surface area contributed by atoms with Gasteiger partial charge in [0.25, 0.3) is 5.91 Å². The lowest BCUT2D eigenvalue weighted by Gasteiger charge is -2.16. The zero-order valence-electron chi connectivity index (χ0n) is 15.1. The maximum absolute atomic E-state index is 12.5. The number of nitrogens with one attached hydrogen (secondary N) is 1. The summed E-state index contributed by atoms with van der Waals surface area (Å²) in [6.45, 7) is 1.50. The molecule has 1 aliphatic rings. The van der Waals surface area contributed by atoms with Gasteiger partial charge in [0.05, 0.1) is 7.11 Å². The average Bonchev–Trinajstić information content (AvgIpc) is 3.29. The van der Waals surface area contributed by atoms with Gasteiger partial charge < -0.3 is 10.1 Å². The van der Waals surface area contributed by atoms with Crippen LogP contribution in [0.3, 0.4) is 0 Å². The maximum Gasteiger partial charge on any atom is 0.251 e. The summed E-state index contributed by atoms with van der Waals surface area (Å²) < 4.78 is 7.06. The highest BCUT2D eigenvalue weighted by Gasteiger charge is 2.43. The van der Waals surface area contributed by atoms with Crippen molar-refractivity contribution in [3.05, 3.63) is 60.6 Å². The van der Waals surface area contributed by atoms with Crippen LogP contribution in [-0.2, 0) is 6.54 Å². The molecule has 1 N–H and O–H groups in total. The highest BCUT2D eigenvalue weighted by molar-refractivity contribution is 5.94. The third-order valence-electron chi connectivity index (χ3n) is 4.88. The van der Waals surface area contributed by atoms with E-state index in [0.29, 0.717) is 23.8 Å². The van der Waals surface area contributed by atoms with E-state index in [9.17, 15) is 4.79 Å². The highest BCUT2D eigenvalue weighted by atomic mass is 16.5. The number of aromatic nitrogens is 4. The molecule has 2 aromatic heterocycles. The highest BCUT2D eigenvalue weighted by Crippen LogP contribution is 2.46. The Hall–Kier alpha value is -3.22. The third kappa shape index (κ3) is 3.97. The van der Waals surface area contributed by atoms with Gasteiger partial charge in [0, 0.05) is 54.3 Å². The van der Waals surface area contributed by atoms with Crippen LogP contribution in [-0.4, -0.2) is 39.3 Å². The second kappa shape index (κ2) is 7.19. The molecule has 0 atom stereocenters. The van der Waals surface area contributed by atoms with Crippen molar-refractivity contribution in [3.8, 4) is 17.3 Å². The van der Waals surface area contributed by atoms with E-state index in [1.807, 2.05) is 29.1 Å². The summed E-state index contributed by atoms with van der Waals surface area (Å²) in [6.07, 6.45) is 7.61. The molecule has 0 aliphatic heterocycles. The molecule has 0 saturated heterocycles. The third-order valence-corrected chi connectivity index (χ3v) is 4.88. The molecule has 0 bridgehead atoms. The SMILES string of the molecule is COc1ccnc(-c2ccc(C(=O)NCC3(Cn4cccn4)CC3)cc2)n1. The molecule has 0 spiro atoms. The summed E-state index contributed by atoms with van der Waals surface area (Å²) >= 11 is 0. The van der Waals surface area contributed by atoms with E-state index >= 15 is 0 Å².